The van der Waals surface area contributed by atoms with Gasteiger partial charge in [0, 0.05) is 18.7 Å². The Balaban J connectivity index is 2.07. The number of fused-ring (bicyclic) bond motifs is 1. The van der Waals surface area contributed by atoms with E-state index in [9.17, 15) is 10.1 Å². The van der Waals surface area contributed by atoms with E-state index in [0.717, 1.165) is 11.3 Å². The molecule has 0 amide bonds. The largest absolute Gasteiger partial charge is 0.324 e. The van der Waals surface area contributed by atoms with Crippen LogP contribution in [0.2, 0.25) is 0 Å². The summed E-state index contributed by atoms with van der Waals surface area (Å²) >= 11 is 0. The second-order valence-corrected chi connectivity index (χ2v) is 4.66. The van der Waals surface area contributed by atoms with Crippen molar-refractivity contribution in [3.8, 4) is 0 Å². The van der Waals surface area contributed by atoms with Crippen molar-refractivity contribution in [2.75, 3.05) is 0 Å². The van der Waals surface area contributed by atoms with Gasteiger partial charge in [-0.1, -0.05) is 30.3 Å². The fraction of sp³-hybridized carbons (Fsp3) is 0.133. The van der Waals surface area contributed by atoms with Gasteiger partial charge in [0.05, 0.1) is 16.0 Å². The molecule has 0 fully saturated rings. The summed E-state index contributed by atoms with van der Waals surface area (Å²) in [6, 6.07) is 14.9. The lowest BCUT2D eigenvalue weighted by molar-refractivity contribution is -0.384. The topological polar surface area (TPSA) is 61.0 Å². The molecule has 20 heavy (non-hydrogen) atoms. The second kappa shape index (κ2) is 4.77. The zero-order valence-electron chi connectivity index (χ0n) is 11.0. The molecule has 1 heterocycles. The van der Waals surface area contributed by atoms with Gasteiger partial charge in [0.1, 0.15) is 5.82 Å². The Kier molecular flexibility index (Phi) is 2.95. The Morgan fingerprint density at radius 3 is 2.65 bits per heavy atom. The Labute approximate surface area is 115 Å². The molecule has 2 aromatic carbocycles. The number of aryl methyl sites for hydroxylation is 1. The van der Waals surface area contributed by atoms with E-state index < -0.39 is 4.92 Å². The lowest BCUT2D eigenvalue weighted by atomic mass is 10.2. The number of nitro benzene ring substituents is 1. The van der Waals surface area contributed by atoms with E-state index in [0.29, 0.717) is 12.1 Å². The summed E-state index contributed by atoms with van der Waals surface area (Å²) in [5, 5.41) is 10.8. The summed E-state index contributed by atoms with van der Waals surface area (Å²) in [7, 11) is 0. The van der Waals surface area contributed by atoms with Crippen LogP contribution in [-0.4, -0.2) is 14.5 Å². The smallest absolute Gasteiger partial charge is 0.271 e. The average molecular weight is 267 g/mol. The normalized spacial score (nSPS) is 10.8. The van der Waals surface area contributed by atoms with Crippen molar-refractivity contribution in [1.29, 1.82) is 0 Å². The van der Waals surface area contributed by atoms with Crippen LogP contribution in [0.3, 0.4) is 0 Å². The highest BCUT2D eigenvalue weighted by atomic mass is 16.6. The number of rotatable bonds is 3. The SMILES string of the molecule is Cc1nc2cc([N+](=O)[O-])ccc2n1Cc1ccccc1. The van der Waals surface area contributed by atoms with E-state index in [4.69, 9.17) is 0 Å². The van der Waals surface area contributed by atoms with E-state index >= 15 is 0 Å². The highest BCUT2D eigenvalue weighted by Crippen LogP contribution is 2.22. The first-order valence-corrected chi connectivity index (χ1v) is 6.30. The average Bonchev–Trinajstić information content (AvgIpc) is 2.75. The molecule has 0 saturated carbocycles. The number of hydrogen-bond donors (Lipinski definition) is 0. The lowest BCUT2D eigenvalue weighted by Gasteiger charge is -2.06. The van der Waals surface area contributed by atoms with Crippen molar-refractivity contribution in [3.63, 3.8) is 0 Å². The van der Waals surface area contributed by atoms with E-state index in [1.165, 1.54) is 17.7 Å². The van der Waals surface area contributed by atoms with Crippen molar-refractivity contribution >= 4 is 16.7 Å². The summed E-state index contributed by atoms with van der Waals surface area (Å²) in [6.45, 7) is 2.62. The van der Waals surface area contributed by atoms with E-state index in [1.807, 2.05) is 25.1 Å². The molecular weight excluding hydrogens is 254 g/mol. The molecule has 0 aliphatic carbocycles. The van der Waals surface area contributed by atoms with Crippen LogP contribution in [0.15, 0.2) is 48.5 Å². The first-order valence-electron chi connectivity index (χ1n) is 6.30. The van der Waals surface area contributed by atoms with Crippen molar-refractivity contribution in [1.82, 2.24) is 9.55 Å². The van der Waals surface area contributed by atoms with Crippen LogP contribution < -0.4 is 0 Å². The summed E-state index contributed by atoms with van der Waals surface area (Å²) < 4.78 is 2.06. The fourth-order valence-corrected chi connectivity index (χ4v) is 2.32. The maximum Gasteiger partial charge on any atom is 0.271 e. The number of non-ortho nitro benzene ring substituents is 1. The van der Waals surface area contributed by atoms with Crippen molar-refractivity contribution in [2.24, 2.45) is 0 Å². The van der Waals surface area contributed by atoms with Gasteiger partial charge >= 0.3 is 0 Å². The van der Waals surface area contributed by atoms with E-state index in [2.05, 4.69) is 21.7 Å². The van der Waals surface area contributed by atoms with Crippen LogP contribution >= 0.6 is 0 Å². The Bertz CT molecular complexity index is 778. The van der Waals surface area contributed by atoms with Gasteiger partial charge < -0.3 is 4.57 Å². The summed E-state index contributed by atoms with van der Waals surface area (Å²) in [4.78, 5) is 14.8. The van der Waals surface area contributed by atoms with Crippen LogP contribution in [0.5, 0.6) is 0 Å². The Morgan fingerprint density at radius 1 is 1.20 bits per heavy atom. The monoisotopic (exact) mass is 267 g/mol. The Hall–Kier alpha value is -2.69. The van der Waals surface area contributed by atoms with Crippen molar-refractivity contribution in [2.45, 2.75) is 13.5 Å². The molecule has 3 rings (SSSR count). The summed E-state index contributed by atoms with van der Waals surface area (Å²) in [5.74, 6) is 0.851. The first kappa shape index (κ1) is 12.3. The molecule has 5 nitrogen and oxygen atoms in total. The van der Waals surface area contributed by atoms with Crippen molar-refractivity contribution in [3.05, 3.63) is 70.0 Å². The van der Waals surface area contributed by atoms with Crippen LogP contribution in [0.4, 0.5) is 5.69 Å². The van der Waals surface area contributed by atoms with Crippen LogP contribution in [0, 0.1) is 17.0 Å². The van der Waals surface area contributed by atoms with E-state index in [1.54, 1.807) is 6.07 Å². The van der Waals surface area contributed by atoms with Gasteiger partial charge in [-0.2, -0.15) is 0 Å². The van der Waals surface area contributed by atoms with Gasteiger partial charge in [0.2, 0.25) is 0 Å². The molecule has 0 atom stereocenters. The van der Waals surface area contributed by atoms with Gasteiger partial charge in [-0.15, -0.1) is 0 Å². The minimum absolute atomic E-state index is 0.0712. The minimum atomic E-state index is -0.398. The molecule has 0 unspecified atom stereocenters. The quantitative estimate of drug-likeness (QED) is 0.540. The van der Waals surface area contributed by atoms with Crippen LogP contribution in [0.25, 0.3) is 11.0 Å². The number of nitrogens with zero attached hydrogens (tertiary/aromatic N) is 3. The van der Waals surface area contributed by atoms with Gasteiger partial charge in [0.15, 0.2) is 0 Å². The summed E-state index contributed by atoms with van der Waals surface area (Å²) in [6.07, 6.45) is 0. The molecule has 0 bridgehead atoms. The number of aromatic nitrogens is 2. The first-order chi connectivity index (χ1) is 9.65. The second-order valence-electron chi connectivity index (χ2n) is 4.66. The molecule has 0 spiro atoms. The third kappa shape index (κ3) is 2.14. The van der Waals surface area contributed by atoms with Gasteiger partial charge in [-0.25, -0.2) is 4.98 Å². The van der Waals surface area contributed by atoms with Gasteiger partial charge in [-0.05, 0) is 18.6 Å². The molecule has 0 N–H and O–H groups in total. The molecule has 100 valence electrons. The fourth-order valence-electron chi connectivity index (χ4n) is 2.32. The van der Waals surface area contributed by atoms with E-state index in [-0.39, 0.29) is 5.69 Å². The zero-order chi connectivity index (χ0) is 14.1. The molecular formula is C15H13N3O2. The number of nitro groups is 1. The minimum Gasteiger partial charge on any atom is -0.324 e. The number of imidazole rings is 1. The van der Waals surface area contributed by atoms with Crippen LogP contribution in [0.1, 0.15) is 11.4 Å². The van der Waals surface area contributed by atoms with Gasteiger partial charge in [0.25, 0.3) is 5.69 Å². The molecule has 0 aliphatic rings. The zero-order valence-corrected chi connectivity index (χ0v) is 11.0. The standard InChI is InChI=1S/C15H13N3O2/c1-11-16-14-9-13(18(19)20)7-8-15(14)17(11)10-12-5-3-2-4-6-12/h2-9H,10H2,1H3. The predicted octanol–water partition coefficient (Wildman–Crippen LogP) is 3.30. The molecule has 0 aliphatic heterocycles. The maximum absolute atomic E-state index is 10.8. The maximum atomic E-state index is 10.8. The van der Waals surface area contributed by atoms with Gasteiger partial charge in [-0.3, -0.25) is 10.1 Å². The van der Waals surface area contributed by atoms with Crippen molar-refractivity contribution < 1.29 is 4.92 Å². The summed E-state index contributed by atoms with van der Waals surface area (Å²) in [5.41, 5.74) is 2.82. The van der Waals surface area contributed by atoms with Crippen LogP contribution in [-0.2, 0) is 6.54 Å². The molecule has 3 aromatic rings. The highest BCUT2D eigenvalue weighted by molar-refractivity contribution is 5.78. The molecule has 5 heteroatoms. The molecule has 1 aromatic heterocycles. The Morgan fingerprint density at radius 2 is 1.95 bits per heavy atom. The highest BCUT2D eigenvalue weighted by Gasteiger charge is 2.12. The number of hydrogen-bond acceptors (Lipinski definition) is 3. The molecule has 0 saturated heterocycles. The third-order valence-corrected chi connectivity index (χ3v) is 3.32. The molecule has 0 radical (unpaired) electrons. The predicted molar refractivity (Wildman–Crippen MR) is 76.7 cm³/mol. The lowest BCUT2D eigenvalue weighted by Crippen LogP contribution is -2.01. The number of benzene rings is 2. The third-order valence-electron chi connectivity index (χ3n) is 3.32.